The third-order valence-electron chi connectivity index (χ3n) is 7.40. The van der Waals surface area contributed by atoms with Crippen molar-refractivity contribution >= 4 is 61.5 Å². The molecule has 0 saturated heterocycles. The summed E-state index contributed by atoms with van der Waals surface area (Å²) in [4.78, 5) is 21.5. The highest BCUT2D eigenvalue weighted by Crippen LogP contribution is 2.39. The molecule has 0 atom stereocenters. The van der Waals surface area contributed by atoms with Gasteiger partial charge >= 0.3 is 0 Å². The quantitative estimate of drug-likeness (QED) is 0.156. The molecule has 1 fully saturated rings. The Balaban J connectivity index is 1.55. The number of nitrogens with zero attached hydrogens (tertiary/aromatic N) is 2. The standard InChI is InChI=1S/C30H30ClIN2O2S/c1-18-8-11-22(12-9-18)34(30(35)29-28(31)24-6-4-5-7-26(24)37-29)17-21-16-20(10-14-25(21)36-3)23-13-15-27(32)33-19(23)2/h4-7,10,13-16,18,22H,8-9,11-12,17H2,1-3H3/t18-,22-. The van der Waals surface area contributed by atoms with Crippen molar-refractivity contribution in [3.8, 4) is 16.9 Å². The minimum atomic E-state index is 0.00493. The number of thiophene rings is 1. The van der Waals surface area contributed by atoms with E-state index in [0.717, 1.165) is 67.6 Å². The average molecular weight is 645 g/mol. The monoisotopic (exact) mass is 644 g/mol. The molecule has 2 aromatic heterocycles. The van der Waals surface area contributed by atoms with E-state index < -0.39 is 0 Å². The summed E-state index contributed by atoms with van der Waals surface area (Å²) in [6.07, 6.45) is 4.24. The Kier molecular flexibility index (Phi) is 8.07. The molecule has 192 valence electrons. The third-order valence-corrected chi connectivity index (χ3v) is 9.66. The van der Waals surface area contributed by atoms with Crippen LogP contribution in [-0.2, 0) is 6.54 Å². The summed E-state index contributed by atoms with van der Waals surface area (Å²) in [5.41, 5.74) is 4.12. The zero-order valence-electron chi connectivity index (χ0n) is 21.3. The number of aryl methyl sites for hydroxylation is 1. The predicted molar refractivity (Wildman–Crippen MR) is 162 cm³/mol. The molecule has 1 saturated carbocycles. The molecule has 1 aliphatic rings. The Hall–Kier alpha value is -2.16. The molecule has 4 aromatic rings. The summed E-state index contributed by atoms with van der Waals surface area (Å²) in [5.74, 6) is 1.48. The number of hydrogen-bond donors (Lipinski definition) is 0. The van der Waals surface area contributed by atoms with Crippen LogP contribution in [0.5, 0.6) is 5.75 Å². The lowest BCUT2D eigenvalue weighted by Gasteiger charge is -2.36. The molecule has 5 rings (SSSR count). The number of aromatic nitrogens is 1. The Morgan fingerprint density at radius 2 is 1.89 bits per heavy atom. The van der Waals surface area contributed by atoms with Crippen molar-refractivity contribution in [1.29, 1.82) is 0 Å². The molecule has 0 bridgehead atoms. The van der Waals surface area contributed by atoms with E-state index in [1.54, 1.807) is 7.11 Å². The van der Waals surface area contributed by atoms with Gasteiger partial charge in [0.15, 0.2) is 0 Å². The Morgan fingerprint density at radius 3 is 2.59 bits per heavy atom. The van der Waals surface area contributed by atoms with E-state index in [1.165, 1.54) is 11.3 Å². The van der Waals surface area contributed by atoms with Crippen molar-refractivity contribution < 1.29 is 9.53 Å². The highest BCUT2D eigenvalue weighted by atomic mass is 127. The van der Waals surface area contributed by atoms with Crippen LogP contribution in [0.3, 0.4) is 0 Å². The van der Waals surface area contributed by atoms with Crippen LogP contribution in [0.4, 0.5) is 0 Å². The summed E-state index contributed by atoms with van der Waals surface area (Å²) < 4.78 is 7.77. The van der Waals surface area contributed by atoms with E-state index in [1.807, 2.05) is 48.2 Å². The Labute approximate surface area is 241 Å². The van der Waals surface area contributed by atoms with Gasteiger partial charge in [0.25, 0.3) is 5.91 Å². The largest absolute Gasteiger partial charge is 0.496 e. The zero-order chi connectivity index (χ0) is 26.1. The van der Waals surface area contributed by atoms with Gasteiger partial charge in [0, 0.05) is 39.5 Å². The highest BCUT2D eigenvalue weighted by Gasteiger charge is 2.31. The summed E-state index contributed by atoms with van der Waals surface area (Å²) in [6, 6.07) is 18.5. The molecule has 37 heavy (non-hydrogen) atoms. The lowest BCUT2D eigenvalue weighted by atomic mass is 9.86. The summed E-state index contributed by atoms with van der Waals surface area (Å²) >= 11 is 10.5. The first kappa shape index (κ1) is 26.4. The van der Waals surface area contributed by atoms with Crippen LogP contribution in [0, 0.1) is 16.5 Å². The molecular weight excluding hydrogens is 615 g/mol. The fourth-order valence-corrected chi connectivity index (χ4v) is 7.30. The topological polar surface area (TPSA) is 42.4 Å². The van der Waals surface area contributed by atoms with Crippen molar-refractivity contribution in [3.05, 3.63) is 79.5 Å². The molecule has 1 amide bonds. The second kappa shape index (κ2) is 11.3. The van der Waals surface area contributed by atoms with Gasteiger partial charge in [0.1, 0.15) is 14.3 Å². The molecule has 4 nitrogen and oxygen atoms in total. The number of rotatable bonds is 6. The molecule has 0 aliphatic heterocycles. The van der Waals surface area contributed by atoms with E-state index in [9.17, 15) is 4.79 Å². The molecule has 2 heterocycles. The van der Waals surface area contributed by atoms with Gasteiger partial charge in [-0.2, -0.15) is 0 Å². The highest BCUT2D eigenvalue weighted by molar-refractivity contribution is 14.1. The van der Waals surface area contributed by atoms with Gasteiger partial charge in [-0.3, -0.25) is 4.79 Å². The number of pyridine rings is 1. The number of methoxy groups -OCH3 is 1. The van der Waals surface area contributed by atoms with Crippen molar-refractivity contribution in [1.82, 2.24) is 9.88 Å². The van der Waals surface area contributed by atoms with Crippen LogP contribution >= 0.6 is 45.5 Å². The number of amides is 1. The maximum absolute atomic E-state index is 14.2. The fourth-order valence-electron chi connectivity index (χ4n) is 5.29. The first-order chi connectivity index (χ1) is 17.9. The summed E-state index contributed by atoms with van der Waals surface area (Å²) in [7, 11) is 1.69. The maximum Gasteiger partial charge on any atom is 0.266 e. The van der Waals surface area contributed by atoms with Crippen LogP contribution < -0.4 is 4.74 Å². The van der Waals surface area contributed by atoms with Crippen LogP contribution in [-0.4, -0.2) is 28.9 Å². The van der Waals surface area contributed by atoms with Gasteiger partial charge in [0.2, 0.25) is 0 Å². The first-order valence-electron chi connectivity index (χ1n) is 12.6. The molecule has 1 aliphatic carbocycles. The number of benzene rings is 2. The Bertz CT molecular complexity index is 1450. The molecule has 7 heteroatoms. The van der Waals surface area contributed by atoms with Crippen molar-refractivity contribution in [2.45, 2.75) is 52.1 Å². The van der Waals surface area contributed by atoms with Gasteiger partial charge in [-0.1, -0.05) is 42.8 Å². The number of ether oxygens (including phenoxy) is 1. The molecule has 0 spiro atoms. The number of fused-ring (bicyclic) bond motifs is 1. The fraction of sp³-hybridized carbons (Fsp3) is 0.333. The zero-order valence-corrected chi connectivity index (χ0v) is 25.0. The number of halogens is 2. The van der Waals surface area contributed by atoms with Gasteiger partial charge in [-0.15, -0.1) is 11.3 Å². The van der Waals surface area contributed by atoms with Crippen molar-refractivity contribution in [2.75, 3.05) is 7.11 Å². The predicted octanol–water partition coefficient (Wildman–Crippen LogP) is 8.76. The summed E-state index contributed by atoms with van der Waals surface area (Å²) in [6.45, 7) is 4.80. The molecule has 2 aromatic carbocycles. The minimum Gasteiger partial charge on any atom is -0.496 e. The van der Waals surface area contributed by atoms with Gasteiger partial charge < -0.3 is 9.64 Å². The first-order valence-corrected chi connectivity index (χ1v) is 14.9. The van der Waals surface area contributed by atoms with Crippen LogP contribution in [0.1, 0.15) is 53.5 Å². The molecule has 0 N–H and O–H groups in total. The van der Waals surface area contributed by atoms with Crippen molar-refractivity contribution in [2.24, 2.45) is 5.92 Å². The average Bonchev–Trinajstić information content (AvgIpc) is 3.24. The second-order valence-electron chi connectivity index (χ2n) is 9.88. The smallest absolute Gasteiger partial charge is 0.266 e. The second-order valence-corrected chi connectivity index (χ2v) is 12.4. The van der Waals surface area contributed by atoms with Crippen molar-refractivity contribution in [3.63, 3.8) is 0 Å². The Morgan fingerprint density at radius 1 is 1.14 bits per heavy atom. The third kappa shape index (κ3) is 5.52. The molecule has 0 radical (unpaired) electrons. The normalized spacial score (nSPS) is 17.6. The van der Waals surface area contributed by atoms with E-state index >= 15 is 0 Å². The van der Waals surface area contributed by atoms with Crippen LogP contribution in [0.2, 0.25) is 5.02 Å². The van der Waals surface area contributed by atoms with E-state index in [-0.39, 0.29) is 11.9 Å². The van der Waals surface area contributed by atoms with E-state index in [2.05, 4.69) is 52.7 Å². The minimum absolute atomic E-state index is 0.00493. The lowest BCUT2D eigenvalue weighted by Crippen LogP contribution is -2.41. The van der Waals surface area contributed by atoms with E-state index in [4.69, 9.17) is 16.3 Å². The van der Waals surface area contributed by atoms with E-state index in [0.29, 0.717) is 22.4 Å². The van der Waals surface area contributed by atoms with Gasteiger partial charge in [-0.05, 0) is 97.0 Å². The maximum atomic E-state index is 14.2. The number of carbonyl (C=O) groups is 1. The van der Waals surface area contributed by atoms with Crippen LogP contribution in [0.15, 0.2) is 54.6 Å². The van der Waals surface area contributed by atoms with Crippen LogP contribution in [0.25, 0.3) is 21.2 Å². The van der Waals surface area contributed by atoms with Gasteiger partial charge in [-0.25, -0.2) is 4.98 Å². The SMILES string of the molecule is COc1ccc(-c2ccc(I)nc2C)cc1CN(C(=O)c1sc2ccccc2c1Cl)[C@H]1CC[C@H](C)CC1. The number of carbonyl (C=O) groups excluding carboxylic acids is 1. The number of hydrogen-bond acceptors (Lipinski definition) is 4. The molecule has 0 unspecified atom stereocenters. The van der Waals surface area contributed by atoms with Gasteiger partial charge in [0.05, 0.1) is 12.1 Å². The summed E-state index contributed by atoms with van der Waals surface area (Å²) in [5, 5.41) is 1.50. The lowest BCUT2D eigenvalue weighted by molar-refractivity contribution is 0.0597. The molecular formula is C30H30ClIN2O2S.